The first-order valence-electron chi connectivity index (χ1n) is 7.09. The van der Waals surface area contributed by atoms with Crippen molar-refractivity contribution in [3.05, 3.63) is 24.3 Å². The largest absolute Gasteiger partial charge is 0.366 e. The van der Waals surface area contributed by atoms with Crippen molar-refractivity contribution < 1.29 is 8.42 Å². The van der Waals surface area contributed by atoms with Crippen LogP contribution in [0.25, 0.3) is 0 Å². The van der Waals surface area contributed by atoms with Gasteiger partial charge in [-0.3, -0.25) is 0 Å². The predicted molar refractivity (Wildman–Crippen MR) is 81.3 cm³/mol. The summed E-state index contributed by atoms with van der Waals surface area (Å²) in [6.45, 7) is 1.41. The van der Waals surface area contributed by atoms with Crippen LogP contribution in [-0.2, 0) is 10.0 Å². The lowest BCUT2D eigenvalue weighted by atomic mass is 10.1. The minimum Gasteiger partial charge on any atom is -0.366 e. The van der Waals surface area contributed by atoms with Crippen molar-refractivity contribution in [1.29, 1.82) is 0 Å². The molecule has 1 fully saturated rings. The number of anilines is 1. The standard InChI is InChI=1S/C14H23N3O2S/c1-16-20(18,19)14-9-5-4-8-13(14)17-10-6-2-3-7-12(17)11-15/h4-5,8-9,12,16H,2-3,6-7,10-11,15H2,1H3. The van der Waals surface area contributed by atoms with Crippen molar-refractivity contribution in [3.8, 4) is 0 Å². The van der Waals surface area contributed by atoms with Gasteiger partial charge in [-0.15, -0.1) is 0 Å². The normalized spacial score (nSPS) is 20.7. The van der Waals surface area contributed by atoms with Crippen LogP contribution >= 0.6 is 0 Å². The Morgan fingerprint density at radius 1 is 1.30 bits per heavy atom. The van der Waals surface area contributed by atoms with E-state index in [-0.39, 0.29) is 6.04 Å². The van der Waals surface area contributed by atoms with Gasteiger partial charge >= 0.3 is 0 Å². The molecule has 112 valence electrons. The smallest absolute Gasteiger partial charge is 0.242 e. The second-order valence-electron chi connectivity index (χ2n) is 5.11. The van der Waals surface area contributed by atoms with Gasteiger partial charge in [-0.05, 0) is 32.0 Å². The topological polar surface area (TPSA) is 75.4 Å². The fourth-order valence-electron chi connectivity index (χ4n) is 2.77. The summed E-state index contributed by atoms with van der Waals surface area (Å²) < 4.78 is 26.8. The van der Waals surface area contributed by atoms with Gasteiger partial charge < -0.3 is 10.6 Å². The van der Waals surface area contributed by atoms with Crippen LogP contribution in [0, 0.1) is 0 Å². The molecule has 0 aromatic heterocycles. The SMILES string of the molecule is CNS(=O)(=O)c1ccccc1N1CCCCCC1CN. The number of rotatable bonds is 4. The Morgan fingerprint density at radius 3 is 2.75 bits per heavy atom. The maximum absolute atomic E-state index is 12.2. The number of hydrogen-bond donors (Lipinski definition) is 2. The van der Waals surface area contributed by atoms with Crippen molar-refractivity contribution in [2.45, 2.75) is 36.6 Å². The molecule has 0 amide bonds. The van der Waals surface area contributed by atoms with Crippen LogP contribution in [0.3, 0.4) is 0 Å². The zero-order valence-corrected chi connectivity index (χ0v) is 12.7. The van der Waals surface area contributed by atoms with Gasteiger partial charge in [0.15, 0.2) is 0 Å². The lowest BCUT2D eigenvalue weighted by Crippen LogP contribution is -2.41. The molecule has 1 saturated heterocycles. The molecule has 5 nitrogen and oxygen atoms in total. The number of hydrogen-bond acceptors (Lipinski definition) is 4. The Hall–Kier alpha value is -1.11. The minimum atomic E-state index is -3.45. The van der Waals surface area contributed by atoms with Gasteiger partial charge in [-0.25, -0.2) is 13.1 Å². The van der Waals surface area contributed by atoms with E-state index < -0.39 is 10.0 Å². The number of nitrogens with one attached hydrogen (secondary N) is 1. The van der Waals surface area contributed by atoms with E-state index in [2.05, 4.69) is 9.62 Å². The summed E-state index contributed by atoms with van der Waals surface area (Å²) in [6, 6.07) is 7.37. The molecule has 6 heteroatoms. The summed E-state index contributed by atoms with van der Waals surface area (Å²) in [4.78, 5) is 2.50. The van der Waals surface area contributed by atoms with Crippen LogP contribution in [0.4, 0.5) is 5.69 Å². The minimum absolute atomic E-state index is 0.214. The van der Waals surface area contributed by atoms with E-state index >= 15 is 0 Å². The maximum atomic E-state index is 12.2. The maximum Gasteiger partial charge on any atom is 0.242 e. The Morgan fingerprint density at radius 2 is 2.05 bits per heavy atom. The Balaban J connectivity index is 2.45. The second-order valence-corrected chi connectivity index (χ2v) is 6.96. The number of nitrogens with zero attached hydrogens (tertiary/aromatic N) is 1. The van der Waals surface area contributed by atoms with Crippen molar-refractivity contribution in [2.75, 3.05) is 25.0 Å². The zero-order chi connectivity index (χ0) is 14.6. The zero-order valence-electron chi connectivity index (χ0n) is 11.9. The summed E-state index contributed by atoms with van der Waals surface area (Å²) in [5.41, 5.74) is 6.65. The molecule has 2 rings (SSSR count). The van der Waals surface area contributed by atoms with Gasteiger partial charge in [0, 0.05) is 19.1 Å². The Bertz CT molecular complexity index is 545. The number of para-hydroxylation sites is 1. The fourth-order valence-corrected chi connectivity index (χ4v) is 3.71. The van der Waals surface area contributed by atoms with E-state index in [9.17, 15) is 8.42 Å². The van der Waals surface area contributed by atoms with Crippen LogP contribution in [0.15, 0.2) is 29.2 Å². The van der Waals surface area contributed by atoms with Gasteiger partial charge in [-0.2, -0.15) is 0 Å². The third kappa shape index (κ3) is 3.13. The molecule has 1 heterocycles. The molecule has 0 radical (unpaired) electrons. The monoisotopic (exact) mass is 297 g/mol. The predicted octanol–water partition coefficient (Wildman–Crippen LogP) is 1.30. The van der Waals surface area contributed by atoms with Crippen LogP contribution in [0.1, 0.15) is 25.7 Å². The second kappa shape index (κ2) is 6.56. The summed E-state index contributed by atoms with van der Waals surface area (Å²) >= 11 is 0. The van der Waals surface area contributed by atoms with E-state index in [0.717, 1.165) is 31.5 Å². The highest BCUT2D eigenvalue weighted by molar-refractivity contribution is 7.89. The van der Waals surface area contributed by atoms with Crippen LogP contribution < -0.4 is 15.4 Å². The average Bonchev–Trinajstić information content (AvgIpc) is 2.72. The van der Waals surface area contributed by atoms with E-state index in [4.69, 9.17) is 5.73 Å². The summed E-state index contributed by atoms with van der Waals surface area (Å²) in [5, 5.41) is 0. The molecule has 20 heavy (non-hydrogen) atoms. The lowest BCUT2D eigenvalue weighted by Gasteiger charge is -2.32. The molecule has 0 aliphatic carbocycles. The molecule has 0 saturated carbocycles. The molecule has 3 N–H and O–H groups in total. The number of nitrogens with two attached hydrogens (primary N) is 1. The van der Waals surface area contributed by atoms with E-state index in [0.29, 0.717) is 11.4 Å². The van der Waals surface area contributed by atoms with Gasteiger partial charge in [0.1, 0.15) is 4.90 Å². The van der Waals surface area contributed by atoms with Crippen LogP contribution in [0.5, 0.6) is 0 Å². The summed E-state index contributed by atoms with van der Waals surface area (Å²) in [7, 11) is -2.01. The molecule has 1 unspecified atom stereocenters. The Kier molecular flexibility index (Phi) is 5.01. The highest BCUT2D eigenvalue weighted by Gasteiger charge is 2.25. The summed E-state index contributed by atoms with van der Waals surface area (Å²) in [5.74, 6) is 0. The Labute approximate surface area is 121 Å². The molecule has 1 aromatic rings. The molecule has 1 atom stereocenters. The molecule has 1 aromatic carbocycles. The average molecular weight is 297 g/mol. The van der Waals surface area contributed by atoms with Crippen molar-refractivity contribution in [3.63, 3.8) is 0 Å². The van der Waals surface area contributed by atoms with Crippen LogP contribution in [0.2, 0.25) is 0 Å². The lowest BCUT2D eigenvalue weighted by molar-refractivity contribution is 0.571. The molecular formula is C14H23N3O2S. The quantitative estimate of drug-likeness (QED) is 0.878. The first-order chi connectivity index (χ1) is 9.60. The third-order valence-corrected chi connectivity index (χ3v) is 5.34. The van der Waals surface area contributed by atoms with Gasteiger partial charge in [-0.1, -0.05) is 25.0 Å². The molecule has 0 bridgehead atoms. The van der Waals surface area contributed by atoms with Gasteiger partial charge in [0.25, 0.3) is 0 Å². The molecule has 1 aliphatic rings. The van der Waals surface area contributed by atoms with Crippen molar-refractivity contribution >= 4 is 15.7 Å². The van der Waals surface area contributed by atoms with E-state index in [1.54, 1.807) is 12.1 Å². The van der Waals surface area contributed by atoms with Crippen molar-refractivity contribution in [2.24, 2.45) is 5.73 Å². The molecule has 0 spiro atoms. The van der Waals surface area contributed by atoms with Gasteiger partial charge in [0.2, 0.25) is 10.0 Å². The summed E-state index contributed by atoms with van der Waals surface area (Å²) in [6.07, 6.45) is 4.42. The first-order valence-corrected chi connectivity index (χ1v) is 8.57. The highest BCUT2D eigenvalue weighted by Crippen LogP contribution is 2.29. The van der Waals surface area contributed by atoms with Crippen LogP contribution in [-0.4, -0.2) is 34.6 Å². The fraction of sp³-hybridized carbons (Fsp3) is 0.571. The van der Waals surface area contributed by atoms with Crippen molar-refractivity contribution in [1.82, 2.24) is 4.72 Å². The number of benzene rings is 1. The highest BCUT2D eigenvalue weighted by atomic mass is 32.2. The first kappa shape index (κ1) is 15.3. The third-order valence-electron chi connectivity index (χ3n) is 3.88. The van der Waals surface area contributed by atoms with E-state index in [1.807, 2.05) is 12.1 Å². The number of sulfonamides is 1. The molecule has 1 aliphatic heterocycles. The van der Waals surface area contributed by atoms with E-state index in [1.165, 1.54) is 13.5 Å². The van der Waals surface area contributed by atoms with Gasteiger partial charge in [0.05, 0.1) is 5.69 Å². The molecular weight excluding hydrogens is 274 g/mol.